The molecule has 0 aliphatic rings. The summed E-state index contributed by atoms with van der Waals surface area (Å²) < 4.78 is 0. The molecular formula is C14H24N2. The summed E-state index contributed by atoms with van der Waals surface area (Å²) in [6.07, 6.45) is 0. The Labute approximate surface area is 99.5 Å². The van der Waals surface area contributed by atoms with Crippen molar-refractivity contribution in [2.75, 3.05) is 23.7 Å². The molecule has 1 aromatic carbocycles. The van der Waals surface area contributed by atoms with Crippen molar-refractivity contribution in [2.45, 2.75) is 27.7 Å². The maximum Gasteiger partial charge on any atom is 0.0360 e. The number of rotatable bonds is 6. The molecule has 0 radical (unpaired) electrons. The van der Waals surface area contributed by atoms with Crippen LogP contribution in [0.4, 0.5) is 11.4 Å². The molecule has 0 bridgehead atoms. The summed E-state index contributed by atoms with van der Waals surface area (Å²) in [5.74, 6) is 1.35. The Morgan fingerprint density at radius 3 is 1.69 bits per heavy atom. The summed E-state index contributed by atoms with van der Waals surface area (Å²) in [6, 6.07) is 8.49. The van der Waals surface area contributed by atoms with Crippen LogP contribution in [0.3, 0.4) is 0 Å². The van der Waals surface area contributed by atoms with E-state index in [0.717, 1.165) is 13.1 Å². The van der Waals surface area contributed by atoms with Crippen molar-refractivity contribution >= 4 is 11.4 Å². The molecule has 0 aromatic heterocycles. The van der Waals surface area contributed by atoms with Gasteiger partial charge in [-0.05, 0) is 30.0 Å². The Kier molecular flexibility index (Phi) is 5.17. The minimum atomic E-state index is 0.673. The zero-order valence-corrected chi connectivity index (χ0v) is 10.9. The van der Waals surface area contributed by atoms with E-state index in [1.54, 1.807) is 0 Å². The molecule has 0 aliphatic carbocycles. The molecule has 0 fully saturated rings. The molecule has 1 aromatic rings. The Morgan fingerprint density at radius 1 is 0.875 bits per heavy atom. The molecule has 1 rings (SSSR count). The second-order valence-corrected chi connectivity index (χ2v) is 5.13. The van der Waals surface area contributed by atoms with Gasteiger partial charge in [0.1, 0.15) is 0 Å². The molecule has 0 saturated heterocycles. The molecule has 0 aliphatic heterocycles. The van der Waals surface area contributed by atoms with Gasteiger partial charge in [0.2, 0.25) is 0 Å². The Bertz CT molecular complexity index is 278. The van der Waals surface area contributed by atoms with Gasteiger partial charge in [0.15, 0.2) is 0 Å². The lowest BCUT2D eigenvalue weighted by Crippen LogP contribution is -2.10. The van der Waals surface area contributed by atoms with Crippen LogP contribution in [0.1, 0.15) is 27.7 Å². The lowest BCUT2D eigenvalue weighted by Gasteiger charge is -2.12. The van der Waals surface area contributed by atoms with E-state index < -0.39 is 0 Å². The molecule has 0 saturated carbocycles. The smallest absolute Gasteiger partial charge is 0.0360 e. The summed E-state index contributed by atoms with van der Waals surface area (Å²) in [5, 5.41) is 6.86. The average molecular weight is 220 g/mol. The summed E-state index contributed by atoms with van der Waals surface area (Å²) >= 11 is 0. The van der Waals surface area contributed by atoms with Crippen molar-refractivity contribution < 1.29 is 0 Å². The summed E-state index contributed by atoms with van der Waals surface area (Å²) in [7, 11) is 0. The van der Waals surface area contributed by atoms with Gasteiger partial charge in [0.25, 0.3) is 0 Å². The normalized spacial score (nSPS) is 10.9. The zero-order chi connectivity index (χ0) is 12.0. The maximum absolute atomic E-state index is 3.43. The van der Waals surface area contributed by atoms with E-state index >= 15 is 0 Å². The van der Waals surface area contributed by atoms with E-state index in [0.29, 0.717) is 11.8 Å². The van der Waals surface area contributed by atoms with Gasteiger partial charge >= 0.3 is 0 Å². The minimum Gasteiger partial charge on any atom is -0.385 e. The van der Waals surface area contributed by atoms with Gasteiger partial charge in [-0.2, -0.15) is 0 Å². The van der Waals surface area contributed by atoms with Crippen LogP contribution < -0.4 is 10.6 Å². The van der Waals surface area contributed by atoms with E-state index in [1.807, 2.05) is 0 Å². The van der Waals surface area contributed by atoms with Gasteiger partial charge < -0.3 is 10.6 Å². The first-order valence-corrected chi connectivity index (χ1v) is 6.15. The highest BCUT2D eigenvalue weighted by atomic mass is 14.9. The van der Waals surface area contributed by atoms with Crippen molar-refractivity contribution in [3.8, 4) is 0 Å². The number of nitrogens with one attached hydrogen (secondary N) is 2. The van der Waals surface area contributed by atoms with E-state index in [1.165, 1.54) is 11.4 Å². The van der Waals surface area contributed by atoms with Crippen LogP contribution in [0.25, 0.3) is 0 Å². The van der Waals surface area contributed by atoms with Crippen LogP contribution in [0.2, 0.25) is 0 Å². The van der Waals surface area contributed by atoms with Crippen molar-refractivity contribution in [1.82, 2.24) is 0 Å². The highest BCUT2D eigenvalue weighted by Crippen LogP contribution is 2.15. The fourth-order valence-corrected chi connectivity index (χ4v) is 1.38. The van der Waals surface area contributed by atoms with Gasteiger partial charge in [-0.1, -0.05) is 33.8 Å². The summed E-state index contributed by atoms with van der Waals surface area (Å²) in [6.45, 7) is 10.9. The molecule has 2 nitrogen and oxygen atoms in total. The fourth-order valence-electron chi connectivity index (χ4n) is 1.38. The highest BCUT2D eigenvalue weighted by molar-refractivity contribution is 5.56. The van der Waals surface area contributed by atoms with Crippen LogP contribution >= 0.6 is 0 Å². The van der Waals surface area contributed by atoms with Crippen LogP contribution in [0, 0.1) is 11.8 Å². The molecule has 2 N–H and O–H groups in total. The van der Waals surface area contributed by atoms with Gasteiger partial charge in [-0.15, -0.1) is 0 Å². The number of anilines is 2. The zero-order valence-electron chi connectivity index (χ0n) is 10.9. The molecule has 0 atom stereocenters. The predicted octanol–water partition coefficient (Wildman–Crippen LogP) is 3.82. The van der Waals surface area contributed by atoms with Crippen molar-refractivity contribution in [3.05, 3.63) is 24.3 Å². The molecule has 0 amide bonds. The van der Waals surface area contributed by atoms with Crippen LogP contribution in [0.15, 0.2) is 24.3 Å². The quantitative estimate of drug-likeness (QED) is 0.761. The van der Waals surface area contributed by atoms with E-state index in [2.05, 4.69) is 62.6 Å². The molecule has 0 spiro atoms. The van der Waals surface area contributed by atoms with Crippen molar-refractivity contribution in [3.63, 3.8) is 0 Å². The second kappa shape index (κ2) is 6.41. The van der Waals surface area contributed by atoms with Crippen LogP contribution in [-0.2, 0) is 0 Å². The summed E-state index contributed by atoms with van der Waals surface area (Å²) in [5.41, 5.74) is 2.39. The third-order valence-electron chi connectivity index (χ3n) is 2.29. The van der Waals surface area contributed by atoms with Gasteiger partial charge in [-0.25, -0.2) is 0 Å². The fraction of sp³-hybridized carbons (Fsp3) is 0.571. The first-order chi connectivity index (χ1) is 7.58. The van der Waals surface area contributed by atoms with Gasteiger partial charge in [0, 0.05) is 24.5 Å². The predicted molar refractivity (Wildman–Crippen MR) is 73.1 cm³/mol. The van der Waals surface area contributed by atoms with Gasteiger partial charge in [-0.3, -0.25) is 0 Å². The topological polar surface area (TPSA) is 24.1 Å². The van der Waals surface area contributed by atoms with Crippen molar-refractivity contribution in [1.29, 1.82) is 0 Å². The van der Waals surface area contributed by atoms with Crippen LogP contribution in [-0.4, -0.2) is 13.1 Å². The third-order valence-corrected chi connectivity index (χ3v) is 2.29. The minimum absolute atomic E-state index is 0.673. The van der Waals surface area contributed by atoms with Crippen LogP contribution in [0.5, 0.6) is 0 Å². The summed E-state index contributed by atoms with van der Waals surface area (Å²) in [4.78, 5) is 0. The first-order valence-electron chi connectivity index (χ1n) is 6.15. The Balaban J connectivity index is 2.50. The standard InChI is InChI=1S/C14H24N2/c1-11(2)9-15-13-6-5-7-14(8-13)16-10-12(3)4/h5-8,11-12,15-16H,9-10H2,1-4H3. The molecular weight excluding hydrogens is 196 g/mol. The Hall–Kier alpha value is -1.18. The number of benzene rings is 1. The Morgan fingerprint density at radius 2 is 1.31 bits per heavy atom. The lowest BCUT2D eigenvalue weighted by molar-refractivity contribution is 0.687. The molecule has 90 valence electrons. The molecule has 0 unspecified atom stereocenters. The molecule has 2 heteroatoms. The molecule has 16 heavy (non-hydrogen) atoms. The largest absolute Gasteiger partial charge is 0.385 e. The second-order valence-electron chi connectivity index (χ2n) is 5.13. The monoisotopic (exact) mass is 220 g/mol. The lowest BCUT2D eigenvalue weighted by atomic mass is 10.2. The van der Waals surface area contributed by atoms with E-state index in [-0.39, 0.29) is 0 Å². The average Bonchev–Trinajstić information content (AvgIpc) is 2.24. The highest BCUT2D eigenvalue weighted by Gasteiger charge is 1.98. The van der Waals surface area contributed by atoms with E-state index in [4.69, 9.17) is 0 Å². The van der Waals surface area contributed by atoms with Gasteiger partial charge in [0.05, 0.1) is 0 Å². The number of hydrogen-bond donors (Lipinski definition) is 2. The third kappa shape index (κ3) is 5.06. The SMILES string of the molecule is CC(C)CNc1cccc(NCC(C)C)c1. The number of hydrogen-bond acceptors (Lipinski definition) is 2. The van der Waals surface area contributed by atoms with E-state index in [9.17, 15) is 0 Å². The molecule has 0 heterocycles. The van der Waals surface area contributed by atoms with Crippen molar-refractivity contribution in [2.24, 2.45) is 11.8 Å². The maximum atomic E-state index is 3.43. The first kappa shape index (κ1) is 12.9.